The van der Waals surface area contributed by atoms with Crippen LogP contribution in [0.15, 0.2) is 18.2 Å². The van der Waals surface area contributed by atoms with E-state index < -0.39 is 23.8 Å². The highest BCUT2D eigenvalue weighted by atomic mass is 35.5. The van der Waals surface area contributed by atoms with Crippen LogP contribution >= 0.6 is 11.6 Å². The first kappa shape index (κ1) is 12.3. The number of rotatable bonds is 2. The predicted octanol–water partition coefficient (Wildman–Crippen LogP) is 3.03. The Bertz CT molecular complexity index is 436. The van der Waals surface area contributed by atoms with Gasteiger partial charge >= 0.3 is 5.97 Å². The number of ether oxygens (including phenoxy) is 1. The highest BCUT2D eigenvalue weighted by Crippen LogP contribution is 2.34. The molecule has 2 atom stereocenters. The van der Waals surface area contributed by atoms with Gasteiger partial charge in [-0.1, -0.05) is 17.7 Å². The van der Waals surface area contributed by atoms with E-state index >= 15 is 0 Å². The molecule has 1 fully saturated rings. The number of benzene rings is 1. The van der Waals surface area contributed by atoms with Crippen molar-refractivity contribution >= 4 is 17.6 Å². The summed E-state index contributed by atoms with van der Waals surface area (Å²) in [4.78, 5) is 11.1. The lowest BCUT2D eigenvalue weighted by Gasteiger charge is -2.29. The second kappa shape index (κ2) is 5.02. The Labute approximate surface area is 103 Å². The molecule has 1 aromatic rings. The average Bonchev–Trinajstić information content (AvgIpc) is 2.32. The van der Waals surface area contributed by atoms with E-state index in [1.807, 2.05) is 0 Å². The highest BCUT2D eigenvalue weighted by Gasteiger charge is 2.33. The quantitative estimate of drug-likeness (QED) is 0.887. The fourth-order valence-electron chi connectivity index (χ4n) is 2.05. The van der Waals surface area contributed by atoms with Gasteiger partial charge in [0.2, 0.25) is 0 Å². The summed E-state index contributed by atoms with van der Waals surface area (Å²) in [6.45, 7) is 0.499. The van der Waals surface area contributed by atoms with Crippen LogP contribution in [0, 0.1) is 11.7 Å². The van der Waals surface area contributed by atoms with E-state index in [4.69, 9.17) is 21.4 Å². The molecule has 92 valence electrons. The van der Waals surface area contributed by atoms with Gasteiger partial charge in [0.25, 0.3) is 0 Å². The standard InChI is InChI=1S/C12H12ClFO3/c13-9-4-3-7(6-10(9)14)11-8(12(15)16)2-1-5-17-11/h3-4,6,8,11H,1-2,5H2,(H,15,16). The molecule has 3 nitrogen and oxygen atoms in total. The molecule has 5 heteroatoms. The molecular weight excluding hydrogens is 247 g/mol. The van der Waals surface area contributed by atoms with Crippen LogP contribution in [0.5, 0.6) is 0 Å². The first-order valence-corrected chi connectivity index (χ1v) is 5.77. The minimum atomic E-state index is -0.912. The van der Waals surface area contributed by atoms with Crippen LogP contribution in [0.1, 0.15) is 24.5 Å². The molecule has 0 amide bonds. The molecule has 1 aliphatic rings. The van der Waals surface area contributed by atoms with Gasteiger partial charge in [0, 0.05) is 6.61 Å². The number of hydrogen-bond donors (Lipinski definition) is 1. The van der Waals surface area contributed by atoms with Crippen LogP contribution < -0.4 is 0 Å². The molecule has 0 bridgehead atoms. The summed E-state index contributed by atoms with van der Waals surface area (Å²) < 4.78 is 18.8. The van der Waals surface area contributed by atoms with E-state index in [-0.39, 0.29) is 5.02 Å². The van der Waals surface area contributed by atoms with Crippen molar-refractivity contribution in [1.82, 2.24) is 0 Å². The van der Waals surface area contributed by atoms with Gasteiger partial charge in [-0.15, -0.1) is 0 Å². The predicted molar refractivity (Wildman–Crippen MR) is 60.5 cm³/mol. The van der Waals surface area contributed by atoms with Crippen molar-refractivity contribution < 1.29 is 19.0 Å². The number of carboxylic acid groups (broad SMARTS) is 1. The number of aliphatic carboxylic acids is 1. The Morgan fingerprint density at radius 3 is 2.94 bits per heavy atom. The smallest absolute Gasteiger partial charge is 0.309 e. The molecule has 2 rings (SSSR count). The zero-order valence-electron chi connectivity index (χ0n) is 9.03. The van der Waals surface area contributed by atoms with Crippen molar-refractivity contribution in [1.29, 1.82) is 0 Å². The zero-order chi connectivity index (χ0) is 12.4. The van der Waals surface area contributed by atoms with Gasteiger partial charge in [0.1, 0.15) is 5.82 Å². The van der Waals surface area contributed by atoms with Crippen LogP contribution in [-0.2, 0) is 9.53 Å². The Kier molecular flexibility index (Phi) is 3.64. The number of carboxylic acids is 1. The Balaban J connectivity index is 2.29. The fourth-order valence-corrected chi connectivity index (χ4v) is 2.17. The molecule has 1 N–H and O–H groups in total. The highest BCUT2D eigenvalue weighted by molar-refractivity contribution is 6.30. The van der Waals surface area contributed by atoms with E-state index in [0.717, 1.165) is 0 Å². The number of carbonyl (C=O) groups is 1. The van der Waals surface area contributed by atoms with Gasteiger partial charge < -0.3 is 9.84 Å². The lowest BCUT2D eigenvalue weighted by atomic mass is 9.89. The largest absolute Gasteiger partial charge is 0.481 e. The minimum Gasteiger partial charge on any atom is -0.481 e. The topological polar surface area (TPSA) is 46.5 Å². The summed E-state index contributed by atoms with van der Waals surface area (Å²) in [6.07, 6.45) is 0.668. The van der Waals surface area contributed by atoms with Gasteiger partial charge in [-0.2, -0.15) is 0 Å². The third-order valence-corrected chi connectivity index (χ3v) is 3.22. The molecule has 0 aromatic heterocycles. The van der Waals surface area contributed by atoms with E-state index in [0.29, 0.717) is 25.0 Å². The summed E-state index contributed by atoms with van der Waals surface area (Å²) >= 11 is 5.59. The maximum absolute atomic E-state index is 13.3. The second-order valence-corrected chi connectivity index (χ2v) is 4.46. The molecule has 1 aliphatic heterocycles. The van der Waals surface area contributed by atoms with Crippen LogP contribution in [0.4, 0.5) is 4.39 Å². The minimum absolute atomic E-state index is 0.0245. The van der Waals surface area contributed by atoms with Gasteiger partial charge in [0.05, 0.1) is 17.0 Å². The summed E-state index contributed by atoms with van der Waals surface area (Å²) in [5.74, 6) is -2.09. The van der Waals surface area contributed by atoms with E-state index in [1.54, 1.807) is 6.07 Å². The van der Waals surface area contributed by atoms with Crippen LogP contribution in [0.3, 0.4) is 0 Å². The summed E-state index contributed by atoms with van der Waals surface area (Å²) in [5, 5.41) is 9.12. The molecule has 1 aromatic carbocycles. The van der Waals surface area contributed by atoms with Gasteiger partial charge in [-0.05, 0) is 30.5 Å². The zero-order valence-corrected chi connectivity index (χ0v) is 9.78. The molecular formula is C12H12ClFO3. The van der Waals surface area contributed by atoms with Crippen molar-refractivity contribution in [3.8, 4) is 0 Å². The molecule has 2 unspecified atom stereocenters. The molecule has 1 saturated heterocycles. The molecule has 0 saturated carbocycles. The summed E-state index contributed by atoms with van der Waals surface area (Å²) in [6, 6.07) is 4.27. The van der Waals surface area contributed by atoms with Crippen molar-refractivity contribution in [3.05, 3.63) is 34.6 Å². The van der Waals surface area contributed by atoms with Crippen LogP contribution in [0.2, 0.25) is 5.02 Å². The lowest BCUT2D eigenvalue weighted by molar-refractivity contribution is -0.151. The van der Waals surface area contributed by atoms with Crippen molar-refractivity contribution in [3.63, 3.8) is 0 Å². The molecule has 1 heterocycles. The molecule has 0 aliphatic carbocycles. The normalized spacial score (nSPS) is 24.6. The monoisotopic (exact) mass is 258 g/mol. The van der Waals surface area contributed by atoms with Crippen molar-refractivity contribution in [2.24, 2.45) is 5.92 Å². The van der Waals surface area contributed by atoms with Gasteiger partial charge in [-0.25, -0.2) is 4.39 Å². The van der Waals surface area contributed by atoms with Crippen molar-refractivity contribution in [2.45, 2.75) is 18.9 Å². The summed E-state index contributed by atoms with van der Waals surface area (Å²) in [7, 11) is 0. The lowest BCUT2D eigenvalue weighted by Crippen LogP contribution is -2.28. The third kappa shape index (κ3) is 2.58. The Morgan fingerprint density at radius 2 is 2.29 bits per heavy atom. The third-order valence-electron chi connectivity index (χ3n) is 2.91. The molecule has 17 heavy (non-hydrogen) atoms. The average molecular weight is 259 g/mol. The molecule has 0 radical (unpaired) electrons. The maximum atomic E-state index is 13.3. The number of hydrogen-bond acceptors (Lipinski definition) is 2. The summed E-state index contributed by atoms with van der Waals surface area (Å²) in [5.41, 5.74) is 0.527. The molecule has 0 spiro atoms. The van der Waals surface area contributed by atoms with Crippen LogP contribution in [0.25, 0.3) is 0 Å². The van der Waals surface area contributed by atoms with E-state index in [9.17, 15) is 9.18 Å². The van der Waals surface area contributed by atoms with E-state index in [2.05, 4.69) is 0 Å². The van der Waals surface area contributed by atoms with Crippen molar-refractivity contribution in [2.75, 3.05) is 6.61 Å². The Hall–Kier alpha value is -1.13. The SMILES string of the molecule is O=C(O)C1CCCOC1c1ccc(Cl)c(F)c1. The Morgan fingerprint density at radius 1 is 1.53 bits per heavy atom. The fraction of sp³-hybridized carbons (Fsp3) is 0.417. The second-order valence-electron chi connectivity index (χ2n) is 4.05. The van der Waals surface area contributed by atoms with Crippen LogP contribution in [-0.4, -0.2) is 17.7 Å². The first-order chi connectivity index (χ1) is 8.09. The maximum Gasteiger partial charge on any atom is 0.309 e. The first-order valence-electron chi connectivity index (χ1n) is 5.39. The van der Waals surface area contributed by atoms with Gasteiger partial charge in [-0.3, -0.25) is 4.79 Å². The van der Waals surface area contributed by atoms with Gasteiger partial charge in [0.15, 0.2) is 0 Å². The van der Waals surface area contributed by atoms with E-state index in [1.165, 1.54) is 12.1 Å². The number of halogens is 2.